The number of benzene rings is 1. The van der Waals surface area contributed by atoms with Gasteiger partial charge in [-0.2, -0.15) is 4.99 Å². The van der Waals surface area contributed by atoms with Crippen molar-refractivity contribution in [3.63, 3.8) is 0 Å². The maximum absolute atomic E-state index is 9.97. The highest BCUT2D eigenvalue weighted by atomic mass is 16.1. The van der Waals surface area contributed by atoms with Crippen molar-refractivity contribution in [3.8, 4) is 0 Å². The van der Waals surface area contributed by atoms with Gasteiger partial charge in [0.2, 0.25) is 6.08 Å². The van der Waals surface area contributed by atoms with Gasteiger partial charge in [-0.1, -0.05) is 24.3 Å². The Bertz CT molecular complexity index is 352. The Balaban J connectivity index is 2.91. The van der Waals surface area contributed by atoms with E-state index in [9.17, 15) is 4.79 Å². The van der Waals surface area contributed by atoms with Crippen LogP contribution in [0.5, 0.6) is 0 Å². The molecule has 1 rings (SSSR count). The van der Waals surface area contributed by atoms with E-state index in [4.69, 9.17) is 5.73 Å². The summed E-state index contributed by atoms with van der Waals surface area (Å²) in [5, 5.41) is 0. The smallest absolute Gasteiger partial charge is 0.240 e. The molecule has 0 radical (unpaired) electrons. The molecule has 1 aromatic carbocycles. The molecule has 0 saturated carbocycles. The second-order valence-electron chi connectivity index (χ2n) is 2.44. The molecule has 2 N–H and O–H groups in total. The van der Waals surface area contributed by atoms with Crippen LogP contribution >= 0.6 is 0 Å². The minimum absolute atomic E-state index is 0.501. The summed E-state index contributed by atoms with van der Waals surface area (Å²) in [5.41, 5.74) is 6.88. The van der Waals surface area contributed by atoms with Crippen molar-refractivity contribution in [2.45, 2.75) is 0 Å². The van der Waals surface area contributed by atoms with Crippen molar-refractivity contribution >= 4 is 17.8 Å². The Kier molecular flexibility index (Phi) is 3.64. The Morgan fingerprint density at radius 3 is 3.08 bits per heavy atom. The number of hydrogen-bond donors (Lipinski definition) is 1. The molecule has 0 unspecified atom stereocenters. The van der Waals surface area contributed by atoms with Gasteiger partial charge in [0, 0.05) is 6.54 Å². The zero-order valence-corrected chi connectivity index (χ0v) is 7.10. The zero-order valence-electron chi connectivity index (χ0n) is 7.10. The van der Waals surface area contributed by atoms with Crippen LogP contribution in [0.1, 0.15) is 5.56 Å². The molecule has 3 heteroatoms. The highest BCUT2D eigenvalue weighted by molar-refractivity contribution is 5.57. The summed E-state index contributed by atoms with van der Waals surface area (Å²) in [6.45, 7) is 0.501. The molecule has 0 heterocycles. The first kappa shape index (κ1) is 9.39. The molecule has 0 amide bonds. The first-order valence-electron chi connectivity index (χ1n) is 3.91. The number of hydrogen-bond acceptors (Lipinski definition) is 3. The van der Waals surface area contributed by atoms with Crippen LogP contribution in [0.2, 0.25) is 0 Å². The summed E-state index contributed by atoms with van der Waals surface area (Å²) >= 11 is 0. The average molecular weight is 174 g/mol. The lowest BCUT2D eigenvalue weighted by atomic mass is 10.2. The molecule has 1 aromatic rings. The van der Waals surface area contributed by atoms with E-state index < -0.39 is 0 Å². The number of carbonyl (C=O) groups excluding carboxylic acids is 1. The number of nitrogens with two attached hydrogens (primary N) is 1. The van der Waals surface area contributed by atoms with Crippen LogP contribution in [0, 0.1) is 0 Å². The Morgan fingerprint density at radius 2 is 2.38 bits per heavy atom. The van der Waals surface area contributed by atoms with E-state index in [1.54, 1.807) is 12.1 Å². The van der Waals surface area contributed by atoms with Crippen LogP contribution in [0.25, 0.3) is 6.08 Å². The number of isocyanates is 1. The van der Waals surface area contributed by atoms with Crippen LogP contribution in [-0.2, 0) is 4.79 Å². The van der Waals surface area contributed by atoms with Crippen molar-refractivity contribution in [3.05, 3.63) is 35.9 Å². The molecule has 3 nitrogen and oxygen atoms in total. The maximum atomic E-state index is 9.97. The lowest BCUT2D eigenvalue weighted by molar-refractivity contribution is 0.565. The van der Waals surface area contributed by atoms with E-state index in [2.05, 4.69) is 4.99 Å². The van der Waals surface area contributed by atoms with Crippen LogP contribution in [0.4, 0.5) is 5.69 Å². The van der Waals surface area contributed by atoms with Gasteiger partial charge in [0.15, 0.2) is 0 Å². The van der Waals surface area contributed by atoms with Crippen molar-refractivity contribution in [1.29, 1.82) is 0 Å². The van der Waals surface area contributed by atoms with Crippen LogP contribution in [0.15, 0.2) is 35.3 Å². The molecule has 0 spiro atoms. The summed E-state index contributed by atoms with van der Waals surface area (Å²) in [6, 6.07) is 7.27. The SMILES string of the molecule is NCC=Cc1cccc(N=C=O)c1. The molecule has 0 fully saturated rings. The molecule has 0 aromatic heterocycles. The fraction of sp³-hybridized carbons (Fsp3) is 0.100. The predicted molar refractivity (Wildman–Crippen MR) is 52.3 cm³/mol. The minimum atomic E-state index is 0.501. The highest BCUT2D eigenvalue weighted by Crippen LogP contribution is 2.13. The van der Waals surface area contributed by atoms with E-state index in [0.717, 1.165) is 5.56 Å². The molecule has 0 aliphatic carbocycles. The summed E-state index contributed by atoms with van der Waals surface area (Å²) in [4.78, 5) is 13.5. The van der Waals surface area contributed by atoms with E-state index in [-0.39, 0.29) is 0 Å². The van der Waals surface area contributed by atoms with Crippen LogP contribution in [0.3, 0.4) is 0 Å². The molecule has 0 bridgehead atoms. The molecular formula is C10H10N2O. The normalized spacial score (nSPS) is 9.92. The molecule has 66 valence electrons. The number of rotatable bonds is 3. The van der Waals surface area contributed by atoms with Gasteiger partial charge in [-0.25, -0.2) is 4.79 Å². The molecule has 13 heavy (non-hydrogen) atoms. The first-order valence-corrected chi connectivity index (χ1v) is 3.91. The summed E-state index contributed by atoms with van der Waals surface area (Å²) in [6.07, 6.45) is 5.21. The largest absolute Gasteiger partial charge is 0.327 e. The fourth-order valence-electron chi connectivity index (χ4n) is 0.955. The Hall–Kier alpha value is -1.70. The van der Waals surface area contributed by atoms with Crippen molar-refractivity contribution in [2.24, 2.45) is 10.7 Å². The van der Waals surface area contributed by atoms with E-state index in [1.165, 1.54) is 6.08 Å². The number of nitrogens with zero attached hydrogens (tertiary/aromatic N) is 1. The fourth-order valence-corrected chi connectivity index (χ4v) is 0.955. The van der Waals surface area contributed by atoms with Gasteiger partial charge in [-0.3, -0.25) is 0 Å². The lowest BCUT2D eigenvalue weighted by Crippen LogP contribution is -1.91. The molecule has 0 aliphatic heterocycles. The van der Waals surface area contributed by atoms with Gasteiger partial charge in [-0.05, 0) is 17.7 Å². The highest BCUT2D eigenvalue weighted by Gasteiger charge is 1.89. The van der Waals surface area contributed by atoms with Gasteiger partial charge >= 0.3 is 0 Å². The summed E-state index contributed by atoms with van der Waals surface area (Å²) in [7, 11) is 0. The standard InChI is InChI=1S/C10H10N2O/c11-6-2-4-9-3-1-5-10(7-9)12-8-13/h1-5,7H,6,11H2. The molecule has 0 atom stereocenters. The van der Waals surface area contributed by atoms with E-state index in [1.807, 2.05) is 24.3 Å². The van der Waals surface area contributed by atoms with Crippen molar-refractivity contribution in [2.75, 3.05) is 6.54 Å². The first-order chi connectivity index (χ1) is 6.36. The Labute approximate surface area is 76.6 Å². The zero-order chi connectivity index (χ0) is 9.52. The monoisotopic (exact) mass is 174 g/mol. The van der Waals surface area contributed by atoms with Crippen molar-refractivity contribution in [1.82, 2.24) is 0 Å². The second kappa shape index (κ2) is 5.04. The van der Waals surface area contributed by atoms with Gasteiger partial charge in [0.05, 0.1) is 5.69 Å². The van der Waals surface area contributed by atoms with E-state index in [0.29, 0.717) is 12.2 Å². The van der Waals surface area contributed by atoms with Crippen LogP contribution < -0.4 is 5.73 Å². The number of aliphatic imine (C=N–C) groups is 1. The van der Waals surface area contributed by atoms with Gasteiger partial charge in [0.25, 0.3) is 0 Å². The molecular weight excluding hydrogens is 164 g/mol. The van der Waals surface area contributed by atoms with Gasteiger partial charge < -0.3 is 5.73 Å². The second-order valence-corrected chi connectivity index (χ2v) is 2.44. The summed E-state index contributed by atoms with van der Waals surface area (Å²) < 4.78 is 0. The third-order valence-electron chi connectivity index (χ3n) is 1.49. The summed E-state index contributed by atoms with van der Waals surface area (Å²) in [5.74, 6) is 0. The maximum Gasteiger partial charge on any atom is 0.240 e. The van der Waals surface area contributed by atoms with Gasteiger partial charge in [0.1, 0.15) is 0 Å². The topological polar surface area (TPSA) is 55.4 Å². The van der Waals surface area contributed by atoms with E-state index >= 15 is 0 Å². The quantitative estimate of drug-likeness (QED) is 0.559. The van der Waals surface area contributed by atoms with Crippen LogP contribution in [-0.4, -0.2) is 12.6 Å². The van der Waals surface area contributed by atoms with Crippen molar-refractivity contribution < 1.29 is 4.79 Å². The lowest BCUT2D eigenvalue weighted by Gasteiger charge is -1.93. The third-order valence-corrected chi connectivity index (χ3v) is 1.49. The van der Waals surface area contributed by atoms with Gasteiger partial charge in [-0.15, -0.1) is 0 Å². The average Bonchev–Trinajstić information content (AvgIpc) is 2.16. The third kappa shape index (κ3) is 3.03. The predicted octanol–water partition coefficient (Wildman–Crippen LogP) is 1.63. The Morgan fingerprint density at radius 1 is 1.54 bits per heavy atom. The minimum Gasteiger partial charge on any atom is -0.327 e. The molecule has 0 saturated heterocycles. The molecule has 0 aliphatic rings.